The molecule has 2 aliphatic rings. The van der Waals surface area contributed by atoms with Crippen LogP contribution in [0.1, 0.15) is 26.7 Å². The van der Waals surface area contributed by atoms with Crippen LogP contribution in [0.5, 0.6) is 0 Å². The predicted molar refractivity (Wildman–Crippen MR) is 84.5 cm³/mol. The van der Waals surface area contributed by atoms with Crippen LogP contribution in [-0.2, 0) is 9.47 Å². The van der Waals surface area contributed by atoms with Crippen LogP contribution in [0.25, 0.3) is 0 Å². The average Bonchev–Trinajstić information content (AvgIpc) is 2.95. The molecule has 0 bridgehead atoms. The SMILES string of the molecule is CCCCNC1=CCN([C@H]2CS[C@@H](COCC)O2)C=C1. The molecule has 2 heterocycles. The minimum absolute atomic E-state index is 0.176. The topological polar surface area (TPSA) is 33.7 Å². The highest BCUT2D eigenvalue weighted by Crippen LogP contribution is 2.28. The van der Waals surface area contributed by atoms with Crippen molar-refractivity contribution < 1.29 is 9.47 Å². The Morgan fingerprint density at radius 2 is 2.40 bits per heavy atom. The molecule has 114 valence electrons. The van der Waals surface area contributed by atoms with E-state index in [1.54, 1.807) is 0 Å². The smallest absolute Gasteiger partial charge is 0.140 e. The summed E-state index contributed by atoms with van der Waals surface area (Å²) in [6.45, 7) is 7.64. The Morgan fingerprint density at radius 3 is 3.10 bits per heavy atom. The van der Waals surface area contributed by atoms with Gasteiger partial charge in [0, 0.05) is 37.3 Å². The Morgan fingerprint density at radius 1 is 1.50 bits per heavy atom. The average molecular weight is 298 g/mol. The maximum absolute atomic E-state index is 6.00. The molecular formula is C15H26N2O2S. The third-order valence-electron chi connectivity index (χ3n) is 3.39. The van der Waals surface area contributed by atoms with E-state index in [0.717, 1.165) is 25.4 Å². The van der Waals surface area contributed by atoms with Crippen molar-refractivity contribution in [1.29, 1.82) is 0 Å². The second kappa shape index (κ2) is 8.60. The van der Waals surface area contributed by atoms with Crippen molar-refractivity contribution in [2.45, 2.75) is 38.4 Å². The summed E-state index contributed by atoms with van der Waals surface area (Å²) in [5.74, 6) is 1.01. The third-order valence-corrected chi connectivity index (χ3v) is 4.49. The van der Waals surface area contributed by atoms with Gasteiger partial charge in [0.2, 0.25) is 0 Å². The number of hydrogen-bond acceptors (Lipinski definition) is 5. The molecule has 0 unspecified atom stereocenters. The first-order valence-electron chi connectivity index (χ1n) is 7.56. The monoisotopic (exact) mass is 298 g/mol. The lowest BCUT2D eigenvalue weighted by atomic mass is 10.2. The molecule has 0 aromatic carbocycles. The van der Waals surface area contributed by atoms with Crippen molar-refractivity contribution in [1.82, 2.24) is 10.2 Å². The van der Waals surface area contributed by atoms with Crippen molar-refractivity contribution >= 4 is 11.8 Å². The lowest BCUT2D eigenvalue weighted by molar-refractivity contribution is -0.0440. The summed E-state index contributed by atoms with van der Waals surface area (Å²) >= 11 is 1.84. The van der Waals surface area contributed by atoms with Crippen LogP contribution >= 0.6 is 11.8 Å². The molecule has 2 rings (SSSR count). The standard InChI is InChI=1S/C15H26N2O2S/c1-3-5-8-16-13-6-9-17(10-7-13)14-12-20-15(19-14)11-18-4-2/h6-7,9,14-16H,3-5,8,10-12H2,1-2H3/t14-,15+/m1/s1. The molecule has 1 saturated heterocycles. The van der Waals surface area contributed by atoms with Crippen LogP contribution in [0.3, 0.4) is 0 Å². The van der Waals surface area contributed by atoms with Gasteiger partial charge in [-0.3, -0.25) is 0 Å². The van der Waals surface area contributed by atoms with E-state index in [0.29, 0.717) is 6.61 Å². The fraction of sp³-hybridized carbons (Fsp3) is 0.733. The van der Waals surface area contributed by atoms with Gasteiger partial charge in [-0.25, -0.2) is 0 Å². The predicted octanol–water partition coefficient (Wildman–Crippen LogP) is 2.54. The fourth-order valence-corrected chi connectivity index (χ4v) is 3.23. The number of unbranched alkanes of at least 4 members (excludes halogenated alkanes) is 1. The van der Waals surface area contributed by atoms with Crippen LogP contribution in [0.15, 0.2) is 24.0 Å². The lowest BCUT2D eigenvalue weighted by Gasteiger charge is -2.28. The molecule has 5 heteroatoms. The van der Waals surface area contributed by atoms with Crippen molar-refractivity contribution in [3.8, 4) is 0 Å². The Labute approximate surface area is 126 Å². The Kier molecular flexibility index (Phi) is 6.76. The lowest BCUT2D eigenvalue weighted by Crippen LogP contribution is -2.35. The van der Waals surface area contributed by atoms with Gasteiger partial charge in [0.15, 0.2) is 0 Å². The largest absolute Gasteiger partial charge is 0.385 e. The van der Waals surface area contributed by atoms with Gasteiger partial charge in [-0.15, -0.1) is 11.8 Å². The first-order valence-corrected chi connectivity index (χ1v) is 8.61. The summed E-state index contributed by atoms with van der Waals surface area (Å²) in [7, 11) is 0. The molecule has 0 saturated carbocycles. The summed E-state index contributed by atoms with van der Waals surface area (Å²) in [4.78, 5) is 2.25. The highest BCUT2D eigenvalue weighted by atomic mass is 32.2. The minimum Gasteiger partial charge on any atom is -0.385 e. The minimum atomic E-state index is 0.176. The molecule has 0 aromatic heterocycles. The summed E-state index contributed by atoms with van der Waals surface area (Å²) in [5.41, 5.74) is 1.41. The van der Waals surface area contributed by atoms with Crippen molar-refractivity contribution in [3.05, 3.63) is 24.0 Å². The van der Waals surface area contributed by atoms with E-state index in [9.17, 15) is 0 Å². The van der Waals surface area contributed by atoms with Gasteiger partial charge in [-0.05, 0) is 25.5 Å². The van der Waals surface area contributed by atoms with Crippen LogP contribution in [0.2, 0.25) is 0 Å². The Hall–Kier alpha value is -0.650. The first-order chi connectivity index (χ1) is 9.83. The van der Waals surface area contributed by atoms with Crippen molar-refractivity contribution in [2.24, 2.45) is 0 Å². The number of thioether (sulfide) groups is 1. The van der Waals surface area contributed by atoms with E-state index >= 15 is 0 Å². The molecule has 1 N–H and O–H groups in total. The van der Waals surface area contributed by atoms with Gasteiger partial charge in [0.05, 0.1) is 6.61 Å². The zero-order valence-corrected chi connectivity index (χ0v) is 13.3. The zero-order valence-electron chi connectivity index (χ0n) is 12.5. The van der Waals surface area contributed by atoms with Crippen LogP contribution in [0.4, 0.5) is 0 Å². The van der Waals surface area contributed by atoms with Gasteiger partial charge in [-0.1, -0.05) is 13.3 Å². The van der Waals surface area contributed by atoms with E-state index in [2.05, 4.69) is 35.5 Å². The van der Waals surface area contributed by atoms with Crippen LogP contribution < -0.4 is 5.32 Å². The van der Waals surface area contributed by atoms with Gasteiger partial charge >= 0.3 is 0 Å². The van der Waals surface area contributed by atoms with E-state index in [-0.39, 0.29) is 11.7 Å². The van der Waals surface area contributed by atoms with Crippen molar-refractivity contribution in [2.75, 3.05) is 32.1 Å². The molecule has 0 aromatic rings. The van der Waals surface area contributed by atoms with Crippen LogP contribution in [0, 0.1) is 0 Å². The highest BCUT2D eigenvalue weighted by Gasteiger charge is 2.29. The zero-order chi connectivity index (χ0) is 14.2. The van der Waals surface area contributed by atoms with Gasteiger partial charge < -0.3 is 19.7 Å². The molecule has 20 heavy (non-hydrogen) atoms. The molecule has 2 atom stereocenters. The fourth-order valence-electron chi connectivity index (χ4n) is 2.18. The van der Waals surface area contributed by atoms with E-state index in [1.807, 2.05) is 18.7 Å². The molecular weight excluding hydrogens is 272 g/mol. The number of ether oxygens (including phenoxy) is 2. The number of nitrogens with zero attached hydrogens (tertiary/aromatic N) is 1. The van der Waals surface area contributed by atoms with Gasteiger partial charge in [-0.2, -0.15) is 0 Å². The second-order valence-electron chi connectivity index (χ2n) is 4.97. The first kappa shape index (κ1) is 15.7. The van der Waals surface area contributed by atoms with E-state index in [1.165, 1.54) is 18.5 Å². The Bertz CT molecular complexity index is 347. The van der Waals surface area contributed by atoms with Gasteiger partial charge in [0.25, 0.3) is 0 Å². The molecule has 0 aliphatic carbocycles. The molecule has 1 fully saturated rings. The molecule has 2 aliphatic heterocycles. The number of nitrogens with one attached hydrogen (secondary N) is 1. The van der Waals surface area contributed by atoms with E-state index in [4.69, 9.17) is 9.47 Å². The third kappa shape index (κ3) is 4.72. The molecule has 0 spiro atoms. The second-order valence-corrected chi connectivity index (χ2v) is 6.16. The summed E-state index contributed by atoms with van der Waals surface area (Å²) in [5, 5.41) is 3.45. The number of rotatable bonds is 8. The molecule has 4 nitrogen and oxygen atoms in total. The van der Waals surface area contributed by atoms with Crippen LogP contribution in [-0.4, -0.2) is 48.6 Å². The molecule has 0 radical (unpaired) electrons. The van der Waals surface area contributed by atoms with Crippen molar-refractivity contribution in [3.63, 3.8) is 0 Å². The maximum Gasteiger partial charge on any atom is 0.140 e. The Balaban J connectivity index is 1.70. The number of hydrogen-bond donors (Lipinski definition) is 1. The summed E-state index contributed by atoms with van der Waals surface area (Å²) < 4.78 is 11.4. The van der Waals surface area contributed by atoms with Gasteiger partial charge in [0.1, 0.15) is 11.7 Å². The number of allylic oxidation sites excluding steroid dienone is 1. The quantitative estimate of drug-likeness (QED) is 0.697. The summed E-state index contributed by atoms with van der Waals surface area (Å²) in [6, 6.07) is 0. The summed E-state index contributed by atoms with van der Waals surface area (Å²) in [6.07, 6.45) is 9.14. The van der Waals surface area contributed by atoms with E-state index < -0.39 is 0 Å². The maximum atomic E-state index is 6.00. The molecule has 0 amide bonds. The highest BCUT2D eigenvalue weighted by molar-refractivity contribution is 8.00. The normalized spacial score (nSPS) is 25.9.